The number of aromatic hydroxyl groups is 1. The predicted octanol–water partition coefficient (Wildman–Crippen LogP) is 4.13. The number of rotatable bonds is 4. The first kappa shape index (κ1) is 19.7. The molecule has 0 spiro atoms. The zero-order valence-electron chi connectivity index (χ0n) is 15.7. The molecule has 1 aliphatic rings. The summed E-state index contributed by atoms with van der Waals surface area (Å²) in [5.74, 6) is -0.716. The van der Waals surface area contributed by atoms with E-state index in [-0.39, 0.29) is 22.1 Å². The first-order chi connectivity index (χ1) is 13.8. The number of nitrogens with zero attached hydrogens (tertiary/aromatic N) is 1. The Morgan fingerprint density at radius 1 is 1.21 bits per heavy atom. The molecule has 150 valence electrons. The SMILES string of the molecule is CCS(=O)(=O)c1ccc(O)c(NC(=O)c2c3c(nc4ccc(Cl)cc24)CCC3)c1. The van der Waals surface area contributed by atoms with Crippen molar-refractivity contribution in [2.75, 3.05) is 11.1 Å². The van der Waals surface area contributed by atoms with Gasteiger partial charge in [-0.1, -0.05) is 18.5 Å². The normalized spacial score (nSPS) is 13.4. The summed E-state index contributed by atoms with van der Waals surface area (Å²) >= 11 is 6.15. The molecule has 1 aromatic heterocycles. The smallest absolute Gasteiger partial charge is 0.256 e. The van der Waals surface area contributed by atoms with Crippen molar-refractivity contribution in [1.82, 2.24) is 4.98 Å². The van der Waals surface area contributed by atoms with Gasteiger partial charge >= 0.3 is 0 Å². The Morgan fingerprint density at radius 3 is 2.76 bits per heavy atom. The second-order valence-corrected chi connectivity index (χ2v) is 9.68. The Kier molecular flexibility index (Phi) is 4.96. The number of amides is 1. The lowest BCUT2D eigenvalue weighted by molar-refractivity contribution is 0.102. The number of nitrogens with one attached hydrogen (secondary N) is 1. The lowest BCUT2D eigenvalue weighted by Crippen LogP contribution is -2.16. The molecule has 1 heterocycles. The summed E-state index contributed by atoms with van der Waals surface area (Å²) in [6.45, 7) is 1.54. The predicted molar refractivity (Wildman–Crippen MR) is 113 cm³/mol. The van der Waals surface area contributed by atoms with Crippen molar-refractivity contribution in [1.29, 1.82) is 0 Å². The van der Waals surface area contributed by atoms with Crippen LogP contribution in [-0.4, -0.2) is 30.2 Å². The van der Waals surface area contributed by atoms with Crippen LogP contribution >= 0.6 is 11.6 Å². The Hall–Kier alpha value is -2.64. The van der Waals surface area contributed by atoms with Gasteiger partial charge in [0.2, 0.25) is 0 Å². The summed E-state index contributed by atoms with van der Waals surface area (Å²) in [4.78, 5) is 17.9. The first-order valence-electron chi connectivity index (χ1n) is 9.28. The number of phenolic OH excluding ortho intramolecular Hbond substituents is 1. The number of sulfone groups is 1. The van der Waals surface area contributed by atoms with Crippen LogP contribution in [0.15, 0.2) is 41.3 Å². The molecule has 0 atom stereocenters. The van der Waals surface area contributed by atoms with Crippen molar-refractivity contribution in [3.8, 4) is 5.75 Å². The minimum absolute atomic E-state index is 0.0426. The number of halogens is 1. The van der Waals surface area contributed by atoms with Gasteiger partial charge in [-0.3, -0.25) is 9.78 Å². The van der Waals surface area contributed by atoms with E-state index in [1.165, 1.54) is 25.1 Å². The summed E-state index contributed by atoms with van der Waals surface area (Å²) in [5.41, 5.74) is 2.94. The topological polar surface area (TPSA) is 96.4 Å². The second-order valence-electron chi connectivity index (χ2n) is 6.96. The highest BCUT2D eigenvalue weighted by Crippen LogP contribution is 2.33. The van der Waals surface area contributed by atoms with E-state index in [9.17, 15) is 18.3 Å². The lowest BCUT2D eigenvalue weighted by atomic mass is 10.0. The zero-order chi connectivity index (χ0) is 20.8. The minimum atomic E-state index is -3.48. The Morgan fingerprint density at radius 2 is 2.00 bits per heavy atom. The lowest BCUT2D eigenvalue weighted by Gasteiger charge is -2.14. The number of anilines is 1. The fraction of sp³-hybridized carbons (Fsp3) is 0.238. The maximum absolute atomic E-state index is 13.2. The first-order valence-corrected chi connectivity index (χ1v) is 11.3. The van der Waals surface area contributed by atoms with Crippen LogP contribution in [0.25, 0.3) is 10.9 Å². The number of aryl methyl sites for hydroxylation is 1. The number of phenols is 1. The third-order valence-electron chi connectivity index (χ3n) is 5.16. The highest BCUT2D eigenvalue weighted by Gasteiger charge is 2.25. The molecule has 0 saturated carbocycles. The minimum Gasteiger partial charge on any atom is -0.506 e. The molecular formula is C21H19ClN2O4S. The van der Waals surface area contributed by atoms with Gasteiger partial charge in [-0.05, 0) is 61.2 Å². The molecule has 0 radical (unpaired) electrons. The molecule has 0 bridgehead atoms. The van der Waals surface area contributed by atoms with Gasteiger partial charge in [-0.2, -0.15) is 0 Å². The molecule has 29 heavy (non-hydrogen) atoms. The molecule has 2 N–H and O–H groups in total. The Balaban J connectivity index is 1.82. The van der Waals surface area contributed by atoms with Gasteiger partial charge in [0.1, 0.15) is 5.75 Å². The average molecular weight is 431 g/mol. The van der Waals surface area contributed by atoms with E-state index in [0.717, 1.165) is 30.5 Å². The van der Waals surface area contributed by atoms with E-state index in [4.69, 9.17) is 11.6 Å². The van der Waals surface area contributed by atoms with Gasteiger partial charge in [-0.15, -0.1) is 0 Å². The summed E-state index contributed by atoms with van der Waals surface area (Å²) in [7, 11) is -3.48. The van der Waals surface area contributed by atoms with E-state index >= 15 is 0 Å². The number of aromatic nitrogens is 1. The molecule has 0 aliphatic heterocycles. The van der Waals surface area contributed by atoms with Crippen LogP contribution in [0.3, 0.4) is 0 Å². The zero-order valence-corrected chi connectivity index (χ0v) is 17.3. The standard InChI is InChI=1S/C21H19ClN2O4S/c1-2-29(27,28)13-7-9-19(25)18(11-13)24-21(26)20-14-4-3-5-16(14)23-17-8-6-12(22)10-15(17)20/h6-11,25H,2-5H2,1H3,(H,24,26). The number of carbonyl (C=O) groups excluding carboxylic acids is 1. The van der Waals surface area contributed by atoms with Gasteiger partial charge < -0.3 is 10.4 Å². The molecular weight excluding hydrogens is 412 g/mol. The van der Waals surface area contributed by atoms with E-state index < -0.39 is 15.7 Å². The summed E-state index contributed by atoms with van der Waals surface area (Å²) < 4.78 is 24.3. The van der Waals surface area contributed by atoms with Gasteiger partial charge in [0, 0.05) is 16.1 Å². The van der Waals surface area contributed by atoms with Crippen molar-refractivity contribution < 1.29 is 18.3 Å². The highest BCUT2D eigenvalue weighted by molar-refractivity contribution is 7.91. The van der Waals surface area contributed by atoms with Crippen molar-refractivity contribution in [2.45, 2.75) is 31.1 Å². The van der Waals surface area contributed by atoms with Crippen LogP contribution in [-0.2, 0) is 22.7 Å². The third kappa shape index (κ3) is 3.56. The fourth-order valence-corrected chi connectivity index (χ4v) is 4.73. The molecule has 3 aromatic rings. The maximum atomic E-state index is 13.2. The number of carbonyl (C=O) groups is 1. The van der Waals surface area contributed by atoms with Crippen molar-refractivity contribution in [2.24, 2.45) is 0 Å². The molecule has 1 aliphatic carbocycles. The van der Waals surface area contributed by atoms with Crippen LogP contribution in [0.2, 0.25) is 5.02 Å². The highest BCUT2D eigenvalue weighted by atomic mass is 35.5. The molecule has 1 amide bonds. The molecule has 6 nitrogen and oxygen atoms in total. The van der Waals surface area contributed by atoms with E-state index in [2.05, 4.69) is 10.3 Å². The quantitative estimate of drug-likeness (QED) is 0.606. The van der Waals surface area contributed by atoms with Crippen molar-refractivity contribution in [3.63, 3.8) is 0 Å². The van der Waals surface area contributed by atoms with Crippen LogP contribution < -0.4 is 5.32 Å². The van der Waals surface area contributed by atoms with Gasteiger partial charge in [0.15, 0.2) is 9.84 Å². The van der Waals surface area contributed by atoms with Crippen molar-refractivity contribution >= 4 is 43.9 Å². The second kappa shape index (κ2) is 7.31. The molecule has 0 unspecified atom stereocenters. The van der Waals surface area contributed by atoms with Crippen LogP contribution in [0.1, 0.15) is 35.0 Å². The molecule has 0 saturated heterocycles. The maximum Gasteiger partial charge on any atom is 0.256 e. The number of benzene rings is 2. The Bertz CT molecular complexity index is 1260. The molecule has 2 aromatic carbocycles. The summed E-state index contributed by atoms with van der Waals surface area (Å²) in [6.07, 6.45) is 2.43. The monoisotopic (exact) mass is 430 g/mol. The van der Waals surface area contributed by atoms with E-state index in [1.54, 1.807) is 18.2 Å². The Labute approximate surface area is 173 Å². The molecule has 8 heteroatoms. The van der Waals surface area contributed by atoms with Crippen LogP contribution in [0.4, 0.5) is 5.69 Å². The number of pyridine rings is 1. The van der Waals surface area contributed by atoms with E-state index in [1.807, 2.05) is 0 Å². The third-order valence-corrected chi connectivity index (χ3v) is 7.12. The largest absolute Gasteiger partial charge is 0.506 e. The number of fused-ring (bicyclic) bond motifs is 2. The number of hydrogen-bond acceptors (Lipinski definition) is 5. The average Bonchev–Trinajstić information content (AvgIpc) is 3.15. The van der Waals surface area contributed by atoms with Gasteiger partial charge in [0.05, 0.1) is 27.4 Å². The summed E-state index contributed by atoms with van der Waals surface area (Å²) in [5, 5.41) is 14.0. The van der Waals surface area contributed by atoms with Gasteiger partial charge in [-0.25, -0.2) is 8.42 Å². The van der Waals surface area contributed by atoms with Crippen LogP contribution in [0, 0.1) is 0 Å². The number of hydrogen-bond donors (Lipinski definition) is 2. The van der Waals surface area contributed by atoms with Crippen LogP contribution in [0.5, 0.6) is 5.75 Å². The fourth-order valence-electron chi connectivity index (χ4n) is 3.65. The molecule has 0 fully saturated rings. The van der Waals surface area contributed by atoms with Crippen molar-refractivity contribution in [3.05, 3.63) is 58.2 Å². The van der Waals surface area contributed by atoms with E-state index in [0.29, 0.717) is 21.5 Å². The van der Waals surface area contributed by atoms with Gasteiger partial charge in [0.25, 0.3) is 5.91 Å². The molecule has 4 rings (SSSR count). The summed E-state index contributed by atoms with van der Waals surface area (Å²) in [6, 6.07) is 9.08.